The minimum atomic E-state index is -1.25. The van der Waals surface area contributed by atoms with Crippen LogP contribution in [-0.2, 0) is 4.74 Å². The van der Waals surface area contributed by atoms with E-state index in [1.165, 1.54) is 10.9 Å². The first-order valence-corrected chi connectivity index (χ1v) is 6.16. The molecule has 2 aromatic heterocycles. The molecule has 1 aliphatic heterocycles. The zero-order valence-corrected chi connectivity index (χ0v) is 10.8. The lowest BCUT2D eigenvalue weighted by molar-refractivity contribution is -0.0511. The van der Waals surface area contributed by atoms with Gasteiger partial charge in [-0.3, -0.25) is 4.57 Å². The fourth-order valence-corrected chi connectivity index (χ4v) is 2.30. The predicted molar refractivity (Wildman–Crippen MR) is 70.7 cm³/mol. The van der Waals surface area contributed by atoms with Gasteiger partial charge < -0.3 is 25.8 Å². The summed E-state index contributed by atoms with van der Waals surface area (Å²) >= 11 is 0. The maximum atomic E-state index is 10.0. The van der Waals surface area contributed by atoms with Crippen LogP contribution in [0.1, 0.15) is 12.1 Å². The molecule has 3 rings (SSSR count). The highest BCUT2D eigenvalue weighted by molar-refractivity contribution is 5.82. The average Bonchev–Trinajstić information content (AvgIpc) is 3.02. The lowest BCUT2D eigenvalue weighted by Crippen LogP contribution is -2.33. The van der Waals surface area contributed by atoms with E-state index in [0.29, 0.717) is 5.52 Å². The number of rotatable bonds is 2. The molecule has 0 aromatic carbocycles. The molecular weight excluding hydrogens is 278 g/mol. The molecule has 0 bridgehead atoms. The summed E-state index contributed by atoms with van der Waals surface area (Å²) in [5.41, 5.74) is 6.34. The zero-order valence-electron chi connectivity index (χ0n) is 10.8. The Kier molecular flexibility index (Phi) is 3.23. The average molecular weight is 291 g/mol. The molecule has 1 aliphatic rings. The molecule has 21 heavy (non-hydrogen) atoms. The number of imidazole rings is 1. The Morgan fingerprint density at radius 2 is 2.14 bits per heavy atom. The summed E-state index contributed by atoms with van der Waals surface area (Å²) < 4.78 is 6.82. The van der Waals surface area contributed by atoms with Gasteiger partial charge in [-0.2, -0.15) is 0 Å². The van der Waals surface area contributed by atoms with Crippen molar-refractivity contribution in [2.24, 2.45) is 0 Å². The minimum absolute atomic E-state index is 0.0773. The number of aliphatic hydroxyl groups excluding tert-OH is 3. The third kappa shape index (κ3) is 2.01. The summed E-state index contributed by atoms with van der Waals surface area (Å²) in [6.45, 7) is -0.423. The summed E-state index contributed by atoms with van der Waals surface area (Å²) in [7, 11) is 0. The van der Waals surface area contributed by atoms with Crippen LogP contribution in [0.15, 0.2) is 6.33 Å². The number of aromatic nitrogens is 4. The number of ether oxygens (including phenoxy) is 1. The maximum absolute atomic E-state index is 10.0. The van der Waals surface area contributed by atoms with Crippen molar-refractivity contribution in [2.45, 2.75) is 24.5 Å². The van der Waals surface area contributed by atoms with Crippen molar-refractivity contribution in [2.75, 3.05) is 12.3 Å². The largest absolute Gasteiger partial charge is 0.394 e. The lowest BCUT2D eigenvalue weighted by Gasteiger charge is -2.16. The molecule has 0 radical (unpaired) electrons. The van der Waals surface area contributed by atoms with Gasteiger partial charge in [-0.25, -0.2) is 15.0 Å². The predicted octanol–water partition coefficient (Wildman–Crippen LogP) is -2.00. The van der Waals surface area contributed by atoms with Gasteiger partial charge in [-0.05, 0) is 5.92 Å². The topological polar surface area (TPSA) is 140 Å². The maximum Gasteiger partial charge on any atom is 0.208 e. The summed E-state index contributed by atoms with van der Waals surface area (Å²) in [6, 6.07) is 0. The van der Waals surface area contributed by atoms with E-state index in [4.69, 9.17) is 22.0 Å². The number of hydrogen-bond acceptors (Lipinski definition) is 8. The van der Waals surface area contributed by atoms with E-state index >= 15 is 0 Å². The Morgan fingerprint density at radius 3 is 2.76 bits per heavy atom. The smallest absolute Gasteiger partial charge is 0.208 e. The highest BCUT2D eigenvalue weighted by Gasteiger charge is 2.44. The van der Waals surface area contributed by atoms with Gasteiger partial charge in [0.2, 0.25) is 5.82 Å². The van der Waals surface area contributed by atoms with E-state index < -0.39 is 31.1 Å². The van der Waals surface area contributed by atoms with Crippen LogP contribution in [0.4, 0.5) is 5.82 Å². The molecule has 9 heteroatoms. The van der Waals surface area contributed by atoms with E-state index in [1.807, 2.05) is 0 Å². The molecule has 0 saturated carbocycles. The molecule has 4 atom stereocenters. The van der Waals surface area contributed by atoms with Crippen molar-refractivity contribution < 1.29 is 20.1 Å². The number of nitrogens with two attached hydrogens (primary N) is 1. The van der Waals surface area contributed by atoms with Crippen LogP contribution in [0.25, 0.3) is 11.2 Å². The first kappa shape index (κ1) is 13.7. The highest BCUT2D eigenvalue weighted by Crippen LogP contribution is 2.31. The molecule has 0 aliphatic carbocycles. The summed E-state index contributed by atoms with van der Waals surface area (Å²) in [5, 5.41) is 28.9. The van der Waals surface area contributed by atoms with Crippen molar-refractivity contribution in [1.82, 2.24) is 19.5 Å². The van der Waals surface area contributed by atoms with Gasteiger partial charge in [0.05, 0.1) is 12.9 Å². The van der Waals surface area contributed by atoms with E-state index in [-0.39, 0.29) is 17.3 Å². The Morgan fingerprint density at radius 1 is 1.38 bits per heavy atom. The number of nitrogens with zero attached hydrogens (tertiary/aromatic N) is 4. The Labute approximate surface area is 119 Å². The van der Waals surface area contributed by atoms with Crippen molar-refractivity contribution in [3.8, 4) is 12.3 Å². The van der Waals surface area contributed by atoms with E-state index in [0.717, 1.165) is 0 Å². The standard InChI is InChI=1S/C12H13N5O4/c1-2-6-15-10(13)7-11(16-6)17(4-14-7)12-9(20)8(19)5(3-18)21-12/h1,4-5,8-9,12,18-20H,3H2,(H2,13,15,16)/t5-,8-,9-,12-/m1/s1. The van der Waals surface area contributed by atoms with E-state index in [2.05, 4.69) is 20.9 Å². The van der Waals surface area contributed by atoms with E-state index in [9.17, 15) is 10.2 Å². The summed E-state index contributed by atoms with van der Waals surface area (Å²) in [6.07, 6.45) is 2.30. The first-order chi connectivity index (χ1) is 10.1. The van der Waals surface area contributed by atoms with Crippen LogP contribution in [0.2, 0.25) is 0 Å². The van der Waals surface area contributed by atoms with Crippen molar-refractivity contribution in [3.63, 3.8) is 0 Å². The molecule has 1 saturated heterocycles. The monoisotopic (exact) mass is 291 g/mol. The van der Waals surface area contributed by atoms with Crippen LogP contribution in [-0.4, -0.2) is 59.8 Å². The number of fused-ring (bicyclic) bond motifs is 1. The quantitative estimate of drug-likeness (QED) is 0.466. The fourth-order valence-electron chi connectivity index (χ4n) is 2.30. The number of nitrogen functional groups attached to an aromatic ring is 1. The normalized spacial score (nSPS) is 28.9. The summed E-state index contributed by atoms with van der Waals surface area (Å²) in [5.74, 6) is 2.46. The second-order valence-corrected chi connectivity index (χ2v) is 4.63. The molecular formula is C12H13N5O4. The third-order valence-corrected chi connectivity index (χ3v) is 3.37. The van der Waals surface area contributed by atoms with Gasteiger partial charge in [0.15, 0.2) is 17.7 Å². The molecule has 0 amide bonds. The third-order valence-electron chi connectivity index (χ3n) is 3.37. The van der Waals surface area contributed by atoms with Crippen LogP contribution in [0.5, 0.6) is 0 Å². The minimum Gasteiger partial charge on any atom is -0.394 e. The van der Waals surface area contributed by atoms with Crippen molar-refractivity contribution >= 4 is 17.0 Å². The molecule has 0 spiro atoms. The number of anilines is 1. The van der Waals surface area contributed by atoms with Crippen LogP contribution in [0, 0.1) is 12.3 Å². The Balaban J connectivity index is 2.10. The highest BCUT2D eigenvalue weighted by atomic mass is 16.6. The van der Waals surface area contributed by atoms with E-state index in [1.54, 1.807) is 0 Å². The number of terminal acetylenes is 1. The number of aliphatic hydroxyl groups is 3. The SMILES string of the molecule is C#Cc1nc(N)c2ncn([C@@H]3O[C@H](CO)[C@@H](O)[C@H]3O)c2n1. The molecule has 1 fully saturated rings. The van der Waals surface area contributed by atoms with Gasteiger partial charge in [0.25, 0.3) is 0 Å². The van der Waals surface area contributed by atoms with Crippen molar-refractivity contribution in [1.29, 1.82) is 0 Å². The number of hydrogen-bond donors (Lipinski definition) is 4. The Hall–Kier alpha value is -2.25. The molecule has 5 N–H and O–H groups in total. The molecule has 2 aromatic rings. The van der Waals surface area contributed by atoms with Gasteiger partial charge in [0.1, 0.15) is 23.8 Å². The Bertz CT molecular complexity index is 724. The van der Waals surface area contributed by atoms with Gasteiger partial charge in [-0.1, -0.05) is 0 Å². The molecule has 110 valence electrons. The second kappa shape index (κ2) is 4.94. The van der Waals surface area contributed by atoms with Gasteiger partial charge in [-0.15, -0.1) is 6.42 Å². The van der Waals surface area contributed by atoms with Crippen molar-refractivity contribution in [3.05, 3.63) is 12.2 Å². The van der Waals surface area contributed by atoms with Crippen LogP contribution < -0.4 is 5.73 Å². The van der Waals surface area contributed by atoms with Crippen LogP contribution in [0.3, 0.4) is 0 Å². The molecule has 3 heterocycles. The first-order valence-electron chi connectivity index (χ1n) is 6.16. The van der Waals surface area contributed by atoms with Gasteiger partial charge in [0, 0.05) is 0 Å². The second-order valence-electron chi connectivity index (χ2n) is 4.63. The van der Waals surface area contributed by atoms with Crippen LogP contribution >= 0.6 is 0 Å². The fraction of sp³-hybridized carbons (Fsp3) is 0.417. The summed E-state index contributed by atoms with van der Waals surface area (Å²) in [4.78, 5) is 12.1. The molecule has 9 nitrogen and oxygen atoms in total. The van der Waals surface area contributed by atoms with Gasteiger partial charge >= 0.3 is 0 Å². The lowest BCUT2D eigenvalue weighted by atomic mass is 10.1. The zero-order chi connectivity index (χ0) is 15.1. The molecule has 0 unspecified atom stereocenters.